The summed E-state index contributed by atoms with van der Waals surface area (Å²) < 4.78 is 6.87. The summed E-state index contributed by atoms with van der Waals surface area (Å²) in [4.78, 5) is 26.1. The number of hydrogen-bond donors (Lipinski definition) is 2. The van der Waals surface area contributed by atoms with Gasteiger partial charge in [-0.05, 0) is 75.4 Å². The first kappa shape index (κ1) is 31.4. The van der Waals surface area contributed by atoms with Crippen LogP contribution < -0.4 is 25.7 Å². The van der Waals surface area contributed by atoms with Crippen LogP contribution in [-0.2, 0) is 15.1 Å². The minimum absolute atomic E-state index is 0.250. The van der Waals surface area contributed by atoms with Crippen molar-refractivity contribution in [2.45, 2.75) is 40.2 Å². The second-order valence-corrected chi connectivity index (χ2v) is 10.3. The van der Waals surface area contributed by atoms with Crippen LogP contribution in [0.15, 0.2) is 72.8 Å². The van der Waals surface area contributed by atoms with Crippen molar-refractivity contribution >= 4 is 35.0 Å². The maximum atomic E-state index is 12.9. The number of carbonyl (C=O) groups is 2. The van der Waals surface area contributed by atoms with E-state index in [1.807, 2.05) is 12.1 Å². The highest BCUT2D eigenvalue weighted by atomic mass is 16.5. The Morgan fingerprint density at radius 1 is 0.791 bits per heavy atom. The molecule has 3 N–H and O–H groups in total. The highest BCUT2D eigenvalue weighted by Gasteiger charge is 2.49. The van der Waals surface area contributed by atoms with E-state index in [2.05, 4.69) is 116 Å². The van der Waals surface area contributed by atoms with E-state index in [4.69, 9.17) is 9.53 Å². The van der Waals surface area contributed by atoms with Crippen molar-refractivity contribution in [1.82, 2.24) is 10.4 Å². The first-order valence-corrected chi connectivity index (χ1v) is 14.9. The first-order valence-electron chi connectivity index (χ1n) is 14.9. The van der Waals surface area contributed by atoms with Crippen molar-refractivity contribution in [2.75, 3.05) is 43.0 Å². The average Bonchev–Trinajstić information content (AvgIpc) is 3.03. The van der Waals surface area contributed by atoms with E-state index in [9.17, 15) is 4.79 Å². The number of fused-ring (bicyclic) bond motifs is 4. The highest BCUT2D eigenvalue weighted by Crippen LogP contribution is 2.56. The molecule has 4 aromatic rings. The number of carbonyl (C=O) groups excluding carboxylic acids is 2. The lowest BCUT2D eigenvalue weighted by atomic mass is 9.72. The molecule has 226 valence electrons. The minimum atomic E-state index is -0.946. The summed E-state index contributed by atoms with van der Waals surface area (Å²) in [6.45, 7) is 14.4. The van der Waals surface area contributed by atoms with Crippen molar-refractivity contribution in [3.63, 3.8) is 0 Å². The Labute approximate surface area is 255 Å². The monoisotopic (exact) mass is 581 g/mol. The van der Waals surface area contributed by atoms with Gasteiger partial charge in [-0.3, -0.25) is 14.6 Å². The Hall–Kier alpha value is -4.56. The van der Waals surface area contributed by atoms with Gasteiger partial charge in [0.25, 0.3) is 0 Å². The van der Waals surface area contributed by atoms with Crippen LogP contribution in [0, 0.1) is 6.92 Å². The molecule has 0 saturated carbocycles. The van der Waals surface area contributed by atoms with Gasteiger partial charge >= 0.3 is 0 Å². The fraction of sp³-hybridized carbons (Fsp3) is 0.314. The number of benzene rings is 4. The Balaban J connectivity index is 0.00000135. The second-order valence-electron chi connectivity index (χ2n) is 10.3. The zero-order valence-corrected chi connectivity index (χ0v) is 26.1. The van der Waals surface area contributed by atoms with Crippen molar-refractivity contribution < 1.29 is 14.3 Å². The molecule has 0 fully saturated rings. The van der Waals surface area contributed by atoms with Gasteiger partial charge in [0.2, 0.25) is 12.8 Å². The molecule has 1 heterocycles. The maximum absolute atomic E-state index is 12.9. The molecule has 0 aromatic heterocycles. The van der Waals surface area contributed by atoms with Gasteiger partial charge in [0.15, 0.2) is 0 Å². The number of nitrogens with two attached hydrogens (primary N) is 1. The Morgan fingerprint density at radius 2 is 1.37 bits per heavy atom. The van der Waals surface area contributed by atoms with E-state index >= 15 is 0 Å². The number of primary amides is 1. The van der Waals surface area contributed by atoms with Crippen LogP contribution >= 0.6 is 0 Å². The molecule has 1 atom stereocenters. The van der Waals surface area contributed by atoms with Crippen molar-refractivity contribution in [3.8, 4) is 11.5 Å². The van der Waals surface area contributed by atoms with Gasteiger partial charge in [0.05, 0.1) is 0 Å². The summed E-state index contributed by atoms with van der Waals surface area (Å²) in [7, 11) is 1.80. The van der Waals surface area contributed by atoms with Crippen LogP contribution in [0.2, 0.25) is 0 Å². The molecule has 0 spiro atoms. The highest BCUT2D eigenvalue weighted by molar-refractivity contribution is 5.94. The minimum Gasteiger partial charge on any atom is -0.456 e. The molecule has 0 bridgehead atoms. The smallest absolute Gasteiger partial charge is 0.225 e. The van der Waals surface area contributed by atoms with Crippen LogP contribution in [-0.4, -0.2) is 51.1 Å². The summed E-state index contributed by atoms with van der Waals surface area (Å²) >= 11 is 0. The Kier molecular flexibility index (Phi) is 9.93. The predicted molar refractivity (Wildman–Crippen MR) is 176 cm³/mol. The van der Waals surface area contributed by atoms with E-state index in [-0.39, 0.29) is 6.41 Å². The lowest BCUT2D eigenvalue weighted by Crippen LogP contribution is -2.54. The molecule has 1 aliphatic rings. The van der Waals surface area contributed by atoms with E-state index in [1.165, 1.54) is 5.69 Å². The largest absolute Gasteiger partial charge is 0.456 e. The number of nitrogens with one attached hydrogen (secondary N) is 1. The molecule has 8 nitrogen and oxygen atoms in total. The van der Waals surface area contributed by atoms with Crippen LogP contribution in [0.1, 0.15) is 49.9 Å². The summed E-state index contributed by atoms with van der Waals surface area (Å²) in [6, 6.07) is 25.6. The fourth-order valence-electron chi connectivity index (χ4n) is 6.36. The zero-order chi connectivity index (χ0) is 31.1. The topological polar surface area (TPSA) is 91.1 Å². The number of hydrogen-bond acceptors (Lipinski definition) is 6. The SMILES string of the molecule is CCN(CC)c1ccc2c(c1)Oc1c(ccc3cc(N(CC)CC)ccc13)C2(c1ccccc1C)N(C=O)NC.NC=O. The molecular formula is C35H43N5O3. The predicted octanol–water partition coefficient (Wildman–Crippen LogP) is 5.93. The Bertz CT molecular complexity index is 1580. The van der Waals surface area contributed by atoms with Gasteiger partial charge in [-0.15, -0.1) is 0 Å². The molecule has 1 unspecified atom stereocenters. The van der Waals surface area contributed by atoms with E-state index < -0.39 is 5.54 Å². The molecule has 2 amide bonds. The normalized spacial score (nSPS) is 14.8. The van der Waals surface area contributed by atoms with Crippen molar-refractivity contribution in [1.29, 1.82) is 0 Å². The summed E-state index contributed by atoms with van der Waals surface area (Å²) in [6.07, 6.45) is 1.14. The Morgan fingerprint density at radius 3 is 1.95 bits per heavy atom. The lowest BCUT2D eigenvalue weighted by molar-refractivity contribution is -0.125. The van der Waals surface area contributed by atoms with Gasteiger partial charge in [0.1, 0.15) is 17.0 Å². The molecule has 0 aliphatic carbocycles. The quantitative estimate of drug-likeness (QED) is 0.178. The molecule has 1 aliphatic heterocycles. The van der Waals surface area contributed by atoms with Crippen LogP contribution in [0.3, 0.4) is 0 Å². The molecule has 5 rings (SSSR count). The van der Waals surface area contributed by atoms with Crippen LogP contribution in [0.4, 0.5) is 11.4 Å². The maximum Gasteiger partial charge on any atom is 0.225 e. The van der Waals surface area contributed by atoms with E-state index in [1.54, 1.807) is 12.1 Å². The molecule has 8 heteroatoms. The van der Waals surface area contributed by atoms with Crippen molar-refractivity contribution in [3.05, 3.63) is 95.1 Å². The van der Waals surface area contributed by atoms with Crippen LogP contribution in [0.25, 0.3) is 10.8 Å². The van der Waals surface area contributed by atoms with Crippen LogP contribution in [0.5, 0.6) is 11.5 Å². The van der Waals surface area contributed by atoms with Gasteiger partial charge in [-0.25, -0.2) is 5.43 Å². The molecule has 0 radical (unpaired) electrons. The number of anilines is 2. The lowest BCUT2D eigenvalue weighted by Gasteiger charge is -2.47. The summed E-state index contributed by atoms with van der Waals surface area (Å²) in [5, 5.41) is 3.81. The third-order valence-electron chi connectivity index (χ3n) is 8.41. The van der Waals surface area contributed by atoms with Gasteiger partial charge in [0, 0.05) is 67.2 Å². The number of ether oxygens (including phenoxy) is 1. The molecule has 4 aromatic carbocycles. The fourth-order valence-corrected chi connectivity index (χ4v) is 6.36. The summed E-state index contributed by atoms with van der Waals surface area (Å²) in [5.41, 5.74) is 12.7. The number of hydrazine groups is 1. The third-order valence-corrected chi connectivity index (χ3v) is 8.41. The van der Waals surface area contributed by atoms with Crippen molar-refractivity contribution in [2.24, 2.45) is 5.73 Å². The van der Waals surface area contributed by atoms with E-state index in [0.29, 0.717) is 0 Å². The number of amides is 2. The standard InChI is InChI=1S/C34H40N4O2.CH3NO/c1-7-36(8-2)26-16-18-28-25(21-26)15-19-31-33(28)40-32-22-27(37(9-3)10-4)17-20-30(32)34(31,38(23-39)35-6)29-14-12-11-13-24(29)5;2-1-3/h11-23,35H,7-10H2,1-6H3;1H,(H2,2,3). The zero-order valence-electron chi connectivity index (χ0n) is 26.1. The number of aryl methyl sites for hydroxylation is 1. The summed E-state index contributed by atoms with van der Waals surface area (Å²) in [5.74, 6) is 1.53. The van der Waals surface area contributed by atoms with Gasteiger partial charge < -0.3 is 20.3 Å². The first-order chi connectivity index (χ1) is 20.9. The number of nitrogens with zero attached hydrogens (tertiary/aromatic N) is 3. The molecule has 43 heavy (non-hydrogen) atoms. The average molecular weight is 582 g/mol. The molecule has 0 saturated heterocycles. The third kappa shape index (κ3) is 5.39. The van der Waals surface area contributed by atoms with Gasteiger partial charge in [-0.1, -0.05) is 42.5 Å². The van der Waals surface area contributed by atoms with E-state index in [0.717, 1.165) is 82.8 Å². The molecular weight excluding hydrogens is 538 g/mol. The van der Waals surface area contributed by atoms with Gasteiger partial charge in [-0.2, -0.15) is 0 Å². The second kappa shape index (κ2) is 13.6. The number of rotatable bonds is 10.